The lowest BCUT2D eigenvalue weighted by molar-refractivity contribution is 0.520. The molecule has 0 aliphatic heterocycles. The molecule has 1 rings (SSSR count). The Kier molecular flexibility index (Phi) is 3.07. The summed E-state index contributed by atoms with van der Waals surface area (Å²) in [7, 11) is -0.298. The van der Waals surface area contributed by atoms with Crippen LogP contribution in [0.25, 0.3) is 0 Å². The van der Waals surface area contributed by atoms with E-state index >= 15 is 0 Å². The van der Waals surface area contributed by atoms with Crippen molar-refractivity contribution in [3.8, 4) is 0 Å². The molecule has 0 aromatic carbocycles. The van der Waals surface area contributed by atoms with Gasteiger partial charge >= 0.3 is 0 Å². The van der Waals surface area contributed by atoms with E-state index < -0.39 is 10.0 Å². The van der Waals surface area contributed by atoms with Crippen LogP contribution < -0.4 is 5.73 Å². The van der Waals surface area contributed by atoms with Crippen LogP contribution >= 0.6 is 11.3 Å². The zero-order chi connectivity index (χ0) is 10.1. The van der Waals surface area contributed by atoms with Crippen LogP contribution in [-0.4, -0.2) is 26.8 Å². The Hall–Kier alpha value is -0.430. The molecule has 0 aliphatic rings. The van der Waals surface area contributed by atoms with Gasteiger partial charge < -0.3 is 5.73 Å². The summed E-state index contributed by atoms with van der Waals surface area (Å²) in [5.41, 5.74) is 5.42. The number of thiophene rings is 1. The van der Waals surface area contributed by atoms with E-state index in [0.717, 1.165) is 0 Å². The molecule has 0 atom stereocenters. The van der Waals surface area contributed by atoms with E-state index in [2.05, 4.69) is 0 Å². The van der Waals surface area contributed by atoms with Gasteiger partial charge in [-0.2, -0.15) is 0 Å². The predicted molar refractivity (Wildman–Crippen MR) is 53.1 cm³/mol. The predicted octanol–water partition coefficient (Wildman–Crippen LogP) is 0.457. The van der Waals surface area contributed by atoms with Gasteiger partial charge in [-0.25, -0.2) is 12.7 Å². The van der Waals surface area contributed by atoms with Gasteiger partial charge in [0, 0.05) is 25.5 Å². The summed E-state index contributed by atoms with van der Waals surface area (Å²) in [5.74, 6) is 0. The minimum Gasteiger partial charge on any atom is -0.326 e. The quantitative estimate of drug-likeness (QED) is 0.804. The first-order valence-electron chi connectivity index (χ1n) is 3.69. The van der Waals surface area contributed by atoms with Crippen LogP contribution in [-0.2, 0) is 16.6 Å². The molecule has 1 aromatic rings. The third-order valence-electron chi connectivity index (χ3n) is 1.65. The number of rotatable bonds is 3. The average molecular weight is 220 g/mol. The minimum absolute atomic E-state index is 0.264. The molecule has 0 amide bonds. The molecule has 0 saturated carbocycles. The molecule has 74 valence electrons. The first-order valence-corrected chi connectivity index (χ1v) is 6.01. The van der Waals surface area contributed by atoms with Gasteiger partial charge in [0.25, 0.3) is 0 Å². The Morgan fingerprint density at radius 2 is 2.15 bits per heavy atom. The van der Waals surface area contributed by atoms with Crippen molar-refractivity contribution >= 4 is 21.4 Å². The van der Waals surface area contributed by atoms with Crippen LogP contribution in [0.2, 0.25) is 0 Å². The highest BCUT2D eigenvalue weighted by Crippen LogP contribution is 2.23. The summed E-state index contributed by atoms with van der Waals surface area (Å²) >= 11 is 1.36. The number of sulfonamides is 1. The van der Waals surface area contributed by atoms with Gasteiger partial charge in [0.2, 0.25) is 10.0 Å². The second-order valence-electron chi connectivity index (χ2n) is 2.70. The van der Waals surface area contributed by atoms with Crippen LogP contribution in [0, 0.1) is 0 Å². The average Bonchev–Trinajstić information content (AvgIpc) is 2.51. The number of hydrogen-bond donors (Lipinski definition) is 1. The molecule has 6 heteroatoms. The van der Waals surface area contributed by atoms with Crippen molar-refractivity contribution < 1.29 is 8.42 Å². The SMILES string of the molecule is CN(C)S(=O)(=O)c1ccsc1CN. The highest BCUT2D eigenvalue weighted by Gasteiger charge is 2.21. The van der Waals surface area contributed by atoms with Gasteiger partial charge in [0.05, 0.1) is 4.90 Å². The second-order valence-corrected chi connectivity index (χ2v) is 5.82. The highest BCUT2D eigenvalue weighted by atomic mass is 32.2. The van der Waals surface area contributed by atoms with E-state index in [1.54, 1.807) is 11.4 Å². The van der Waals surface area contributed by atoms with E-state index in [-0.39, 0.29) is 6.54 Å². The van der Waals surface area contributed by atoms with Crippen LogP contribution in [0.4, 0.5) is 0 Å². The lowest BCUT2D eigenvalue weighted by atomic mass is 10.5. The Bertz CT molecular complexity index is 381. The molecular weight excluding hydrogens is 208 g/mol. The molecular formula is C7H12N2O2S2. The molecule has 0 unspecified atom stereocenters. The standard InChI is InChI=1S/C7H12N2O2S2/c1-9(2)13(10,11)7-3-4-12-6(7)5-8/h3-4H,5,8H2,1-2H3. The summed E-state index contributed by atoms with van der Waals surface area (Å²) in [5, 5.41) is 1.73. The van der Waals surface area contributed by atoms with Crippen molar-refractivity contribution in [2.75, 3.05) is 14.1 Å². The first-order chi connectivity index (χ1) is 6.00. The van der Waals surface area contributed by atoms with E-state index in [1.807, 2.05) is 0 Å². The number of nitrogens with zero attached hydrogens (tertiary/aromatic N) is 1. The van der Waals surface area contributed by atoms with Gasteiger partial charge in [-0.3, -0.25) is 0 Å². The zero-order valence-electron chi connectivity index (χ0n) is 7.52. The number of hydrogen-bond acceptors (Lipinski definition) is 4. The highest BCUT2D eigenvalue weighted by molar-refractivity contribution is 7.89. The van der Waals surface area contributed by atoms with Crippen LogP contribution in [0.3, 0.4) is 0 Å². The molecule has 0 saturated heterocycles. The monoisotopic (exact) mass is 220 g/mol. The molecule has 0 radical (unpaired) electrons. The normalized spacial score (nSPS) is 12.3. The van der Waals surface area contributed by atoms with Crippen molar-refractivity contribution in [2.45, 2.75) is 11.4 Å². The van der Waals surface area contributed by atoms with Gasteiger partial charge in [0.15, 0.2) is 0 Å². The molecule has 4 nitrogen and oxygen atoms in total. The molecule has 1 aromatic heterocycles. The molecule has 0 spiro atoms. The Labute approximate surface area is 82.0 Å². The Balaban J connectivity index is 3.22. The molecule has 0 fully saturated rings. The molecule has 0 bridgehead atoms. The van der Waals surface area contributed by atoms with Crippen molar-refractivity contribution in [3.05, 3.63) is 16.3 Å². The maximum absolute atomic E-state index is 11.6. The zero-order valence-corrected chi connectivity index (χ0v) is 9.15. The fourth-order valence-corrected chi connectivity index (χ4v) is 3.10. The smallest absolute Gasteiger partial charge is 0.243 e. The van der Waals surface area contributed by atoms with Gasteiger partial charge in [-0.1, -0.05) is 0 Å². The number of nitrogens with two attached hydrogens (primary N) is 1. The lowest BCUT2D eigenvalue weighted by Crippen LogP contribution is -2.23. The summed E-state index contributed by atoms with van der Waals surface area (Å²) < 4.78 is 24.5. The summed E-state index contributed by atoms with van der Waals surface area (Å²) in [6, 6.07) is 1.59. The van der Waals surface area contributed by atoms with Gasteiger partial charge in [0.1, 0.15) is 0 Å². The van der Waals surface area contributed by atoms with E-state index in [0.29, 0.717) is 9.77 Å². The maximum Gasteiger partial charge on any atom is 0.243 e. The van der Waals surface area contributed by atoms with Gasteiger partial charge in [-0.15, -0.1) is 11.3 Å². The third-order valence-corrected chi connectivity index (χ3v) is 4.62. The van der Waals surface area contributed by atoms with Crippen LogP contribution in [0.5, 0.6) is 0 Å². The Morgan fingerprint density at radius 3 is 2.62 bits per heavy atom. The van der Waals surface area contributed by atoms with Crippen molar-refractivity contribution in [1.29, 1.82) is 0 Å². The Morgan fingerprint density at radius 1 is 1.54 bits per heavy atom. The van der Waals surface area contributed by atoms with E-state index in [1.165, 1.54) is 29.7 Å². The molecule has 1 heterocycles. The first kappa shape index (κ1) is 10.6. The van der Waals surface area contributed by atoms with Crippen LogP contribution in [0.15, 0.2) is 16.3 Å². The summed E-state index contributed by atoms with van der Waals surface area (Å²) in [4.78, 5) is 1.03. The van der Waals surface area contributed by atoms with Gasteiger partial charge in [-0.05, 0) is 11.4 Å². The fourth-order valence-electron chi connectivity index (χ4n) is 0.904. The molecule has 2 N–H and O–H groups in total. The van der Waals surface area contributed by atoms with Crippen molar-refractivity contribution in [2.24, 2.45) is 5.73 Å². The summed E-state index contributed by atoms with van der Waals surface area (Å²) in [6.07, 6.45) is 0. The minimum atomic E-state index is -3.31. The van der Waals surface area contributed by atoms with E-state index in [4.69, 9.17) is 5.73 Å². The maximum atomic E-state index is 11.6. The fraction of sp³-hybridized carbons (Fsp3) is 0.429. The second kappa shape index (κ2) is 3.75. The molecule has 13 heavy (non-hydrogen) atoms. The largest absolute Gasteiger partial charge is 0.326 e. The lowest BCUT2D eigenvalue weighted by Gasteiger charge is -2.10. The molecule has 0 aliphatic carbocycles. The topological polar surface area (TPSA) is 63.4 Å². The van der Waals surface area contributed by atoms with Crippen LogP contribution in [0.1, 0.15) is 4.88 Å². The van der Waals surface area contributed by atoms with E-state index in [9.17, 15) is 8.42 Å². The third kappa shape index (κ3) is 1.91. The van der Waals surface area contributed by atoms with Crippen molar-refractivity contribution in [3.63, 3.8) is 0 Å². The van der Waals surface area contributed by atoms with Crippen molar-refractivity contribution in [1.82, 2.24) is 4.31 Å². The summed E-state index contributed by atoms with van der Waals surface area (Å²) in [6.45, 7) is 0.264.